The van der Waals surface area contributed by atoms with Gasteiger partial charge >= 0.3 is 0 Å². The van der Waals surface area contributed by atoms with Crippen LogP contribution in [0.25, 0.3) is 11.1 Å². The van der Waals surface area contributed by atoms with E-state index in [1.807, 2.05) is 37.0 Å². The number of nitrogens with zero attached hydrogens (tertiary/aromatic N) is 2. The molecule has 0 bridgehead atoms. The van der Waals surface area contributed by atoms with Crippen LogP contribution in [0.4, 0.5) is 0 Å². The lowest BCUT2D eigenvalue weighted by molar-refractivity contribution is 0.410. The van der Waals surface area contributed by atoms with Gasteiger partial charge in [-0.15, -0.1) is 0 Å². The molecule has 90 valence electrons. The van der Waals surface area contributed by atoms with Crippen molar-refractivity contribution in [3.05, 3.63) is 35.7 Å². The fraction of sp³-hybridized carbons (Fsp3) is 0.308. The first-order valence-electron chi connectivity index (χ1n) is 5.53. The largest absolute Gasteiger partial charge is 0.496 e. The minimum atomic E-state index is 0.469. The third-order valence-electron chi connectivity index (χ3n) is 2.82. The highest BCUT2D eigenvalue weighted by molar-refractivity contribution is 5.67. The Morgan fingerprint density at radius 1 is 1.41 bits per heavy atom. The van der Waals surface area contributed by atoms with Crippen LogP contribution in [0.3, 0.4) is 0 Å². The summed E-state index contributed by atoms with van der Waals surface area (Å²) in [6.45, 7) is 2.47. The van der Waals surface area contributed by atoms with Gasteiger partial charge < -0.3 is 10.5 Å². The van der Waals surface area contributed by atoms with Crippen LogP contribution in [0.1, 0.15) is 11.3 Å². The van der Waals surface area contributed by atoms with Crippen molar-refractivity contribution < 1.29 is 4.74 Å². The molecular formula is C13H17N3O. The summed E-state index contributed by atoms with van der Waals surface area (Å²) in [6.07, 6.45) is 2.01. The standard InChI is InChI=1S/C13H17N3O/c1-9-12(8-16(2)15-9)10-4-5-13(17-3)11(6-10)7-14/h4-6,8H,7,14H2,1-3H3. The second-order valence-electron chi connectivity index (χ2n) is 4.03. The number of benzene rings is 1. The predicted molar refractivity (Wildman–Crippen MR) is 67.8 cm³/mol. The van der Waals surface area contributed by atoms with Crippen molar-refractivity contribution in [2.45, 2.75) is 13.5 Å². The number of aryl methyl sites for hydroxylation is 2. The number of hydrogen-bond acceptors (Lipinski definition) is 3. The highest BCUT2D eigenvalue weighted by atomic mass is 16.5. The highest BCUT2D eigenvalue weighted by Crippen LogP contribution is 2.27. The molecule has 0 aliphatic heterocycles. The molecule has 0 unspecified atom stereocenters. The molecule has 2 aromatic rings. The third kappa shape index (κ3) is 2.17. The molecule has 1 aromatic carbocycles. The van der Waals surface area contributed by atoms with Gasteiger partial charge in [-0.1, -0.05) is 6.07 Å². The van der Waals surface area contributed by atoms with Gasteiger partial charge in [0.1, 0.15) is 5.75 Å². The molecule has 0 fully saturated rings. The molecule has 2 N–H and O–H groups in total. The number of rotatable bonds is 3. The number of nitrogens with two attached hydrogens (primary N) is 1. The fourth-order valence-electron chi connectivity index (χ4n) is 1.99. The monoisotopic (exact) mass is 231 g/mol. The van der Waals surface area contributed by atoms with Crippen LogP contribution >= 0.6 is 0 Å². The fourth-order valence-corrected chi connectivity index (χ4v) is 1.99. The first kappa shape index (κ1) is 11.7. The topological polar surface area (TPSA) is 53.1 Å². The average molecular weight is 231 g/mol. The predicted octanol–water partition coefficient (Wildman–Crippen LogP) is 1.86. The van der Waals surface area contributed by atoms with Gasteiger partial charge in [0, 0.05) is 30.9 Å². The lowest BCUT2D eigenvalue weighted by Crippen LogP contribution is -2.00. The lowest BCUT2D eigenvalue weighted by Gasteiger charge is -2.08. The molecule has 1 heterocycles. The number of hydrogen-bond donors (Lipinski definition) is 1. The van der Waals surface area contributed by atoms with Gasteiger partial charge in [0.2, 0.25) is 0 Å². The number of ether oxygens (including phenoxy) is 1. The molecule has 0 saturated heterocycles. The Balaban J connectivity index is 2.50. The van der Waals surface area contributed by atoms with E-state index in [1.165, 1.54) is 0 Å². The van der Waals surface area contributed by atoms with Gasteiger partial charge in [0.25, 0.3) is 0 Å². The smallest absolute Gasteiger partial charge is 0.123 e. The Kier molecular flexibility index (Phi) is 3.15. The van der Waals surface area contributed by atoms with Gasteiger partial charge in [-0.25, -0.2) is 0 Å². The summed E-state index contributed by atoms with van der Waals surface area (Å²) in [5.74, 6) is 0.831. The zero-order valence-corrected chi connectivity index (χ0v) is 10.4. The molecule has 0 amide bonds. The van der Waals surface area contributed by atoms with Crippen molar-refractivity contribution in [2.24, 2.45) is 12.8 Å². The van der Waals surface area contributed by atoms with E-state index in [9.17, 15) is 0 Å². The van der Waals surface area contributed by atoms with Crippen LogP contribution in [0.5, 0.6) is 5.75 Å². The molecule has 0 radical (unpaired) electrons. The van der Waals surface area contributed by atoms with Gasteiger partial charge in [-0.05, 0) is 24.6 Å². The van der Waals surface area contributed by atoms with Crippen LogP contribution in [-0.4, -0.2) is 16.9 Å². The molecule has 4 heteroatoms. The zero-order valence-electron chi connectivity index (χ0n) is 10.4. The van der Waals surface area contributed by atoms with Crippen molar-refractivity contribution in [3.8, 4) is 16.9 Å². The summed E-state index contributed by atoms with van der Waals surface area (Å²) >= 11 is 0. The number of methoxy groups -OCH3 is 1. The van der Waals surface area contributed by atoms with Crippen molar-refractivity contribution in [1.29, 1.82) is 0 Å². The van der Waals surface area contributed by atoms with E-state index in [-0.39, 0.29) is 0 Å². The van der Waals surface area contributed by atoms with Crippen molar-refractivity contribution in [1.82, 2.24) is 9.78 Å². The summed E-state index contributed by atoms with van der Waals surface area (Å²) < 4.78 is 7.08. The second-order valence-corrected chi connectivity index (χ2v) is 4.03. The van der Waals surface area contributed by atoms with Gasteiger partial charge in [0.15, 0.2) is 0 Å². The van der Waals surface area contributed by atoms with Crippen LogP contribution in [-0.2, 0) is 13.6 Å². The normalized spacial score (nSPS) is 10.6. The summed E-state index contributed by atoms with van der Waals surface area (Å²) in [5, 5.41) is 4.34. The van der Waals surface area contributed by atoms with Crippen molar-refractivity contribution in [2.75, 3.05) is 7.11 Å². The van der Waals surface area contributed by atoms with Crippen LogP contribution in [0.15, 0.2) is 24.4 Å². The van der Waals surface area contributed by atoms with Crippen molar-refractivity contribution in [3.63, 3.8) is 0 Å². The lowest BCUT2D eigenvalue weighted by atomic mass is 10.0. The molecule has 4 nitrogen and oxygen atoms in total. The van der Waals surface area contributed by atoms with E-state index in [4.69, 9.17) is 10.5 Å². The third-order valence-corrected chi connectivity index (χ3v) is 2.82. The number of aromatic nitrogens is 2. The maximum absolute atomic E-state index is 5.72. The van der Waals surface area contributed by atoms with Gasteiger partial charge in [-0.3, -0.25) is 4.68 Å². The van der Waals surface area contributed by atoms with E-state index >= 15 is 0 Å². The summed E-state index contributed by atoms with van der Waals surface area (Å²) in [5.41, 5.74) is 9.99. The minimum Gasteiger partial charge on any atom is -0.496 e. The maximum atomic E-state index is 5.72. The van der Waals surface area contributed by atoms with Crippen LogP contribution in [0, 0.1) is 6.92 Å². The van der Waals surface area contributed by atoms with E-state index in [0.717, 1.165) is 28.1 Å². The second kappa shape index (κ2) is 4.59. The molecule has 0 aliphatic rings. The summed E-state index contributed by atoms with van der Waals surface area (Å²) in [7, 11) is 3.58. The van der Waals surface area contributed by atoms with E-state index in [0.29, 0.717) is 6.54 Å². The quantitative estimate of drug-likeness (QED) is 0.877. The van der Waals surface area contributed by atoms with Gasteiger partial charge in [0.05, 0.1) is 12.8 Å². The Morgan fingerprint density at radius 3 is 2.71 bits per heavy atom. The highest BCUT2D eigenvalue weighted by Gasteiger charge is 2.09. The first-order valence-corrected chi connectivity index (χ1v) is 5.53. The van der Waals surface area contributed by atoms with Crippen molar-refractivity contribution >= 4 is 0 Å². The zero-order chi connectivity index (χ0) is 12.4. The van der Waals surface area contributed by atoms with E-state index < -0.39 is 0 Å². The first-order chi connectivity index (χ1) is 8.15. The molecule has 0 spiro atoms. The summed E-state index contributed by atoms with van der Waals surface area (Å²) in [6, 6.07) is 6.04. The SMILES string of the molecule is COc1ccc(-c2cn(C)nc2C)cc1CN. The molecule has 17 heavy (non-hydrogen) atoms. The van der Waals surface area contributed by atoms with E-state index in [2.05, 4.69) is 11.2 Å². The Bertz CT molecular complexity index is 531. The Hall–Kier alpha value is -1.81. The molecule has 0 atom stereocenters. The van der Waals surface area contributed by atoms with E-state index in [1.54, 1.807) is 7.11 Å². The average Bonchev–Trinajstić information content (AvgIpc) is 2.67. The summed E-state index contributed by atoms with van der Waals surface area (Å²) in [4.78, 5) is 0. The van der Waals surface area contributed by atoms with Crippen LogP contribution in [0.2, 0.25) is 0 Å². The molecule has 1 aromatic heterocycles. The van der Waals surface area contributed by atoms with Gasteiger partial charge in [-0.2, -0.15) is 5.10 Å². The molecule has 0 saturated carbocycles. The Morgan fingerprint density at radius 2 is 2.18 bits per heavy atom. The molecular weight excluding hydrogens is 214 g/mol. The molecule has 2 rings (SSSR count). The Labute approximate surface area is 101 Å². The van der Waals surface area contributed by atoms with Crippen LogP contribution < -0.4 is 10.5 Å². The molecule has 0 aliphatic carbocycles. The maximum Gasteiger partial charge on any atom is 0.123 e. The minimum absolute atomic E-state index is 0.469.